The minimum absolute atomic E-state index is 0.0365. The molecule has 0 spiro atoms. The Labute approximate surface area is 139 Å². The second-order valence-corrected chi connectivity index (χ2v) is 7.73. The average Bonchev–Trinajstić information content (AvgIpc) is 2.80. The molecule has 0 unspecified atom stereocenters. The van der Waals surface area contributed by atoms with Crippen LogP contribution >= 0.6 is 0 Å². The topological polar surface area (TPSA) is 35.5 Å². The second kappa shape index (κ2) is 5.44. The molecular weight excluding hydrogens is 288 g/mol. The molecule has 3 rings (SSSR count). The van der Waals surface area contributed by atoms with Crippen molar-refractivity contribution in [1.82, 2.24) is 0 Å². The largest absolute Gasteiger partial charge is 0.509 e. The fraction of sp³-hybridized carbons (Fsp3) is 0.650. The van der Waals surface area contributed by atoms with Gasteiger partial charge in [-0.15, -0.1) is 5.92 Å². The van der Waals surface area contributed by atoms with Crippen LogP contribution in [-0.2, 0) is 9.47 Å². The molecule has 0 saturated carbocycles. The first-order valence-electron chi connectivity index (χ1n) is 8.54. The number of hydrogen-bond acceptors (Lipinski definition) is 3. The first-order chi connectivity index (χ1) is 10.8. The number of hydrogen-bond donors (Lipinski definition) is 0. The molecule has 124 valence electrons. The Morgan fingerprint density at radius 1 is 1.30 bits per heavy atom. The smallest absolute Gasteiger partial charge is 0.422 e. The van der Waals surface area contributed by atoms with Crippen molar-refractivity contribution < 1.29 is 14.3 Å². The van der Waals surface area contributed by atoms with E-state index in [4.69, 9.17) is 9.47 Å². The summed E-state index contributed by atoms with van der Waals surface area (Å²) in [6.07, 6.45) is 10.7. The highest BCUT2D eigenvalue weighted by molar-refractivity contribution is 5.66. The second-order valence-electron chi connectivity index (χ2n) is 7.73. The third kappa shape index (κ3) is 2.40. The lowest BCUT2D eigenvalue weighted by molar-refractivity contribution is -0.0381. The fourth-order valence-corrected chi connectivity index (χ4v) is 4.40. The van der Waals surface area contributed by atoms with Crippen molar-refractivity contribution in [3.05, 3.63) is 23.8 Å². The lowest BCUT2D eigenvalue weighted by atomic mass is 9.60. The van der Waals surface area contributed by atoms with Gasteiger partial charge in [0.2, 0.25) is 0 Å². The summed E-state index contributed by atoms with van der Waals surface area (Å²) in [7, 11) is 0. The molecule has 1 heterocycles. The molecule has 0 bridgehead atoms. The summed E-state index contributed by atoms with van der Waals surface area (Å²) in [6, 6.07) is 0. The van der Waals surface area contributed by atoms with Crippen LogP contribution in [-0.4, -0.2) is 17.9 Å². The minimum atomic E-state index is -0.756. The summed E-state index contributed by atoms with van der Waals surface area (Å²) in [5, 5.41) is 0. The number of fused-ring (bicyclic) bond motifs is 3. The summed E-state index contributed by atoms with van der Waals surface area (Å²) in [6.45, 7) is 8.21. The Kier molecular flexibility index (Phi) is 3.83. The number of ether oxygens (including phenoxy) is 2. The third-order valence-electron chi connectivity index (χ3n) is 5.83. The van der Waals surface area contributed by atoms with Gasteiger partial charge >= 0.3 is 6.16 Å². The van der Waals surface area contributed by atoms with Gasteiger partial charge in [-0.05, 0) is 57.4 Å². The van der Waals surface area contributed by atoms with Crippen LogP contribution < -0.4 is 0 Å². The first-order valence-corrected chi connectivity index (χ1v) is 8.54. The van der Waals surface area contributed by atoms with Crippen molar-refractivity contribution in [3.8, 4) is 11.8 Å². The van der Waals surface area contributed by atoms with Crippen molar-refractivity contribution in [2.45, 2.75) is 71.5 Å². The molecular formula is C20H26O3. The van der Waals surface area contributed by atoms with E-state index in [1.165, 1.54) is 12.0 Å². The van der Waals surface area contributed by atoms with E-state index in [-0.39, 0.29) is 11.5 Å². The molecule has 1 aliphatic heterocycles. The van der Waals surface area contributed by atoms with Gasteiger partial charge in [-0.3, -0.25) is 0 Å². The van der Waals surface area contributed by atoms with Gasteiger partial charge < -0.3 is 9.47 Å². The van der Waals surface area contributed by atoms with E-state index in [2.05, 4.69) is 50.8 Å². The van der Waals surface area contributed by atoms with Gasteiger partial charge in [0.05, 0.1) is 5.41 Å². The predicted molar refractivity (Wildman–Crippen MR) is 89.7 cm³/mol. The lowest BCUT2D eigenvalue weighted by Gasteiger charge is -2.47. The van der Waals surface area contributed by atoms with Gasteiger partial charge in [-0.2, -0.15) is 0 Å². The van der Waals surface area contributed by atoms with Crippen molar-refractivity contribution in [2.24, 2.45) is 10.8 Å². The quantitative estimate of drug-likeness (QED) is 0.397. The molecule has 0 aromatic rings. The number of rotatable bonds is 1. The Balaban J connectivity index is 2.18. The summed E-state index contributed by atoms with van der Waals surface area (Å²) >= 11 is 0. The maximum absolute atomic E-state index is 12.1. The van der Waals surface area contributed by atoms with E-state index in [1.807, 2.05) is 6.92 Å². The van der Waals surface area contributed by atoms with E-state index in [1.54, 1.807) is 0 Å². The van der Waals surface area contributed by atoms with Gasteiger partial charge in [-0.25, -0.2) is 4.79 Å². The molecule has 3 atom stereocenters. The lowest BCUT2D eigenvalue weighted by Crippen LogP contribution is -2.54. The van der Waals surface area contributed by atoms with E-state index in [0.717, 1.165) is 19.3 Å². The highest BCUT2D eigenvalue weighted by atomic mass is 16.8. The first kappa shape index (κ1) is 16.2. The zero-order valence-electron chi connectivity index (χ0n) is 14.6. The van der Waals surface area contributed by atoms with Crippen LogP contribution in [0.1, 0.15) is 59.8 Å². The molecule has 1 saturated heterocycles. The zero-order valence-corrected chi connectivity index (χ0v) is 14.6. The summed E-state index contributed by atoms with van der Waals surface area (Å²) < 4.78 is 11.6. The summed E-state index contributed by atoms with van der Waals surface area (Å²) in [5.74, 6) is 6.27. The molecule has 0 N–H and O–H groups in total. The Morgan fingerprint density at radius 2 is 2.04 bits per heavy atom. The summed E-state index contributed by atoms with van der Waals surface area (Å²) in [5.41, 5.74) is 0.0211. The van der Waals surface area contributed by atoms with E-state index in [0.29, 0.717) is 6.42 Å². The van der Waals surface area contributed by atoms with Crippen LogP contribution in [0.3, 0.4) is 0 Å². The fourth-order valence-electron chi connectivity index (χ4n) is 4.40. The highest BCUT2D eigenvalue weighted by Crippen LogP contribution is 2.54. The molecule has 3 heteroatoms. The molecule has 1 fully saturated rings. The maximum atomic E-state index is 12.1. The van der Waals surface area contributed by atoms with Crippen molar-refractivity contribution in [3.63, 3.8) is 0 Å². The van der Waals surface area contributed by atoms with Crippen LogP contribution in [0.4, 0.5) is 4.79 Å². The molecule has 3 aliphatic rings. The monoisotopic (exact) mass is 314 g/mol. The summed E-state index contributed by atoms with van der Waals surface area (Å²) in [4.78, 5) is 12.1. The van der Waals surface area contributed by atoms with Gasteiger partial charge in [-0.1, -0.05) is 31.1 Å². The normalized spacial score (nSPS) is 37.7. The van der Waals surface area contributed by atoms with Crippen LogP contribution in [0.15, 0.2) is 23.8 Å². The van der Waals surface area contributed by atoms with Crippen molar-refractivity contribution in [1.29, 1.82) is 0 Å². The predicted octanol–water partition coefficient (Wildman–Crippen LogP) is 4.78. The molecule has 0 amide bonds. The van der Waals surface area contributed by atoms with E-state index >= 15 is 0 Å². The van der Waals surface area contributed by atoms with Crippen molar-refractivity contribution in [2.75, 3.05) is 0 Å². The van der Waals surface area contributed by atoms with Gasteiger partial charge in [0.1, 0.15) is 0 Å². The van der Waals surface area contributed by atoms with Crippen LogP contribution in [0, 0.1) is 22.7 Å². The molecule has 2 aliphatic carbocycles. The van der Waals surface area contributed by atoms with Gasteiger partial charge in [0.15, 0.2) is 11.7 Å². The van der Waals surface area contributed by atoms with Crippen LogP contribution in [0.5, 0.6) is 0 Å². The number of allylic oxidation sites excluding steroid dienone is 2. The highest BCUT2D eigenvalue weighted by Gasteiger charge is 2.62. The third-order valence-corrected chi connectivity index (χ3v) is 5.83. The van der Waals surface area contributed by atoms with E-state index < -0.39 is 17.2 Å². The molecule has 0 aromatic heterocycles. The Bertz CT molecular complexity index is 631. The molecule has 3 nitrogen and oxygen atoms in total. The number of carbonyl (C=O) groups is 1. The average molecular weight is 314 g/mol. The number of carbonyl (C=O) groups excluding carboxylic acids is 1. The van der Waals surface area contributed by atoms with Crippen LogP contribution in [0.25, 0.3) is 0 Å². The van der Waals surface area contributed by atoms with Gasteiger partial charge in [0, 0.05) is 6.42 Å². The van der Waals surface area contributed by atoms with Crippen LogP contribution in [0.2, 0.25) is 0 Å². The zero-order chi connectivity index (χ0) is 16.7. The SMILES string of the molecule is CC#CC(C)(C)[C@@]12C/C=C\C[C@]3(C)CCCC=C3[C@@H]1OC(=O)O2. The van der Waals surface area contributed by atoms with Crippen molar-refractivity contribution >= 4 is 6.16 Å². The molecule has 0 aromatic carbocycles. The standard InChI is InChI=1S/C20H26O3/c1-5-11-18(2,3)20-14-9-8-13-19(4)12-7-6-10-15(19)16(20)22-17(21)23-20/h8-10,16H,6-7,12-14H2,1-4H3/b9-8-/t16-,19-,20+/m0/s1. The maximum Gasteiger partial charge on any atom is 0.509 e. The molecule has 0 radical (unpaired) electrons. The molecule has 23 heavy (non-hydrogen) atoms. The van der Waals surface area contributed by atoms with Gasteiger partial charge in [0.25, 0.3) is 0 Å². The van der Waals surface area contributed by atoms with E-state index in [9.17, 15) is 4.79 Å². The Morgan fingerprint density at radius 3 is 2.78 bits per heavy atom. The Hall–Kier alpha value is -1.69. The minimum Gasteiger partial charge on any atom is -0.422 e.